The zero-order chi connectivity index (χ0) is 18.7. The summed E-state index contributed by atoms with van der Waals surface area (Å²) in [5.41, 5.74) is 8.62. The van der Waals surface area contributed by atoms with Crippen molar-refractivity contribution in [2.75, 3.05) is 25.0 Å². The smallest absolute Gasteiger partial charge is 0.241 e. The fourth-order valence-corrected chi connectivity index (χ4v) is 3.67. The van der Waals surface area contributed by atoms with Gasteiger partial charge in [0.1, 0.15) is 5.82 Å². The Balaban J connectivity index is 1.70. The molecular formula is C21H26FN3O. The molecule has 1 aliphatic heterocycles. The van der Waals surface area contributed by atoms with Crippen LogP contribution in [-0.4, -0.2) is 36.5 Å². The van der Waals surface area contributed by atoms with Gasteiger partial charge in [-0.25, -0.2) is 4.39 Å². The summed E-state index contributed by atoms with van der Waals surface area (Å²) in [4.78, 5) is 14.9. The summed E-state index contributed by atoms with van der Waals surface area (Å²) < 4.78 is 13.5. The van der Waals surface area contributed by atoms with Crippen molar-refractivity contribution in [3.63, 3.8) is 0 Å². The third kappa shape index (κ3) is 3.94. The number of nitrogens with one attached hydrogen (secondary N) is 1. The van der Waals surface area contributed by atoms with Crippen LogP contribution in [0.3, 0.4) is 0 Å². The van der Waals surface area contributed by atoms with E-state index in [0.717, 1.165) is 18.7 Å². The van der Waals surface area contributed by atoms with Gasteiger partial charge in [0.15, 0.2) is 0 Å². The largest absolute Gasteiger partial charge is 0.330 e. The average molecular weight is 355 g/mol. The Labute approximate surface area is 154 Å². The Morgan fingerprint density at radius 3 is 2.69 bits per heavy atom. The molecule has 1 unspecified atom stereocenters. The van der Waals surface area contributed by atoms with E-state index in [1.54, 1.807) is 6.07 Å². The molecule has 1 amide bonds. The molecule has 1 fully saturated rings. The first kappa shape index (κ1) is 18.5. The SMILES string of the molecule is Cc1ccc(F)cc1NC(=O)C(C)N1C[C@@H](CN)[C@H](c2ccccc2)C1. The molecule has 138 valence electrons. The van der Waals surface area contributed by atoms with Crippen molar-refractivity contribution in [2.24, 2.45) is 11.7 Å². The summed E-state index contributed by atoms with van der Waals surface area (Å²) in [7, 11) is 0. The lowest BCUT2D eigenvalue weighted by molar-refractivity contribution is -0.120. The maximum Gasteiger partial charge on any atom is 0.241 e. The zero-order valence-corrected chi connectivity index (χ0v) is 15.3. The van der Waals surface area contributed by atoms with Crippen LogP contribution in [-0.2, 0) is 4.79 Å². The van der Waals surface area contributed by atoms with Crippen LogP contribution in [0.25, 0.3) is 0 Å². The highest BCUT2D eigenvalue weighted by atomic mass is 19.1. The van der Waals surface area contributed by atoms with Crippen molar-refractivity contribution in [3.8, 4) is 0 Å². The Morgan fingerprint density at radius 1 is 1.27 bits per heavy atom. The predicted octanol–water partition coefficient (Wildman–Crippen LogP) is 3.14. The van der Waals surface area contributed by atoms with E-state index in [2.05, 4.69) is 22.3 Å². The topological polar surface area (TPSA) is 58.4 Å². The highest BCUT2D eigenvalue weighted by molar-refractivity contribution is 5.95. The van der Waals surface area contributed by atoms with Gasteiger partial charge in [0.2, 0.25) is 5.91 Å². The summed E-state index contributed by atoms with van der Waals surface area (Å²) in [5, 5.41) is 2.86. The molecule has 4 nitrogen and oxygen atoms in total. The monoisotopic (exact) mass is 355 g/mol. The lowest BCUT2D eigenvalue weighted by atomic mass is 9.89. The normalized spacial score (nSPS) is 21.5. The summed E-state index contributed by atoms with van der Waals surface area (Å²) in [6.45, 7) is 5.92. The van der Waals surface area contributed by atoms with E-state index in [1.807, 2.05) is 32.0 Å². The molecule has 0 saturated carbocycles. The molecule has 5 heteroatoms. The number of anilines is 1. The number of benzene rings is 2. The highest BCUT2D eigenvalue weighted by Crippen LogP contribution is 2.33. The molecular weight excluding hydrogens is 329 g/mol. The molecule has 3 atom stereocenters. The number of nitrogens with zero attached hydrogens (tertiary/aromatic N) is 1. The van der Waals surface area contributed by atoms with Gasteiger partial charge in [-0.2, -0.15) is 0 Å². The van der Waals surface area contributed by atoms with Crippen molar-refractivity contribution < 1.29 is 9.18 Å². The number of rotatable bonds is 5. The molecule has 1 aliphatic rings. The minimum absolute atomic E-state index is 0.122. The van der Waals surface area contributed by atoms with Crippen LogP contribution >= 0.6 is 0 Å². The maximum absolute atomic E-state index is 13.5. The van der Waals surface area contributed by atoms with Crippen molar-refractivity contribution in [2.45, 2.75) is 25.8 Å². The molecule has 0 radical (unpaired) electrons. The van der Waals surface area contributed by atoms with Crippen molar-refractivity contribution in [1.29, 1.82) is 0 Å². The molecule has 0 spiro atoms. The average Bonchev–Trinajstić information content (AvgIpc) is 3.09. The summed E-state index contributed by atoms with van der Waals surface area (Å²) in [6, 6.07) is 14.4. The van der Waals surface area contributed by atoms with Crippen molar-refractivity contribution in [1.82, 2.24) is 4.90 Å². The number of carbonyl (C=O) groups excluding carboxylic acids is 1. The van der Waals surface area contributed by atoms with Gasteiger partial charge >= 0.3 is 0 Å². The first-order valence-corrected chi connectivity index (χ1v) is 9.05. The van der Waals surface area contributed by atoms with Gasteiger partial charge in [-0.1, -0.05) is 36.4 Å². The summed E-state index contributed by atoms with van der Waals surface area (Å²) in [6.07, 6.45) is 0. The number of halogens is 1. The lowest BCUT2D eigenvalue weighted by Gasteiger charge is -2.24. The summed E-state index contributed by atoms with van der Waals surface area (Å²) >= 11 is 0. The minimum Gasteiger partial charge on any atom is -0.330 e. The van der Waals surface area contributed by atoms with Crippen LogP contribution in [0.4, 0.5) is 10.1 Å². The quantitative estimate of drug-likeness (QED) is 0.866. The molecule has 0 bridgehead atoms. The predicted molar refractivity (Wildman–Crippen MR) is 103 cm³/mol. The molecule has 0 aliphatic carbocycles. The number of amides is 1. The molecule has 3 rings (SSSR count). The fourth-order valence-electron chi connectivity index (χ4n) is 3.67. The van der Waals surface area contributed by atoms with Gasteiger partial charge in [0, 0.05) is 24.7 Å². The van der Waals surface area contributed by atoms with E-state index in [0.29, 0.717) is 24.1 Å². The van der Waals surface area contributed by atoms with Gasteiger partial charge < -0.3 is 11.1 Å². The standard InChI is InChI=1S/C21H26FN3O/c1-14-8-9-18(22)10-20(14)24-21(26)15(2)25-12-17(11-23)19(13-25)16-6-4-3-5-7-16/h3-10,15,17,19H,11-13,23H2,1-2H3,(H,24,26)/t15?,17-,19+/m1/s1. The lowest BCUT2D eigenvalue weighted by Crippen LogP contribution is -2.41. The molecule has 1 heterocycles. The number of nitrogens with two attached hydrogens (primary N) is 1. The van der Waals surface area contributed by atoms with Gasteiger partial charge in [-0.3, -0.25) is 9.69 Å². The van der Waals surface area contributed by atoms with Crippen LogP contribution in [0.15, 0.2) is 48.5 Å². The van der Waals surface area contributed by atoms with E-state index in [-0.39, 0.29) is 17.8 Å². The van der Waals surface area contributed by atoms with Gasteiger partial charge in [0.25, 0.3) is 0 Å². The fraction of sp³-hybridized carbons (Fsp3) is 0.381. The number of hydrogen-bond donors (Lipinski definition) is 2. The van der Waals surface area contributed by atoms with Crippen molar-refractivity contribution in [3.05, 3.63) is 65.5 Å². The zero-order valence-electron chi connectivity index (χ0n) is 15.3. The Hall–Kier alpha value is -2.24. The van der Waals surface area contributed by atoms with E-state index >= 15 is 0 Å². The molecule has 0 aromatic heterocycles. The van der Waals surface area contributed by atoms with Crippen LogP contribution in [0.5, 0.6) is 0 Å². The van der Waals surface area contributed by atoms with Crippen LogP contribution in [0.1, 0.15) is 24.0 Å². The second kappa shape index (κ2) is 7.98. The molecule has 1 saturated heterocycles. The maximum atomic E-state index is 13.5. The van der Waals surface area contributed by atoms with E-state index in [4.69, 9.17) is 5.73 Å². The van der Waals surface area contributed by atoms with E-state index < -0.39 is 0 Å². The number of carbonyl (C=O) groups is 1. The number of likely N-dealkylation sites (tertiary alicyclic amines) is 1. The first-order valence-electron chi connectivity index (χ1n) is 9.05. The second-order valence-electron chi connectivity index (χ2n) is 7.09. The molecule has 2 aromatic carbocycles. The highest BCUT2D eigenvalue weighted by Gasteiger charge is 2.36. The van der Waals surface area contributed by atoms with E-state index in [1.165, 1.54) is 17.7 Å². The van der Waals surface area contributed by atoms with Gasteiger partial charge in [-0.15, -0.1) is 0 Å². The van der Waals surface area contributed by atoms with E-state index in [9.17, 15) is 9.18 Å². The third-order valence-corrected chi connectivity index (χ3v) is 5.38. The van der Waals surface area contributed by atoms with Gasteiger partial charge in [0.05, 0.1) is 6.04 Å². The Morgan fingerprint density at radius 2 is 2.00 bits per heavy atom. The number of hydrogen-bond acceptors (Lipinski definition) is 3. The van der Waals surface area contributed by atoms with Gasteiger partial charge in [-0.05, 0) is 49.6 Å². The van der Waals surface area contributed by atoms with Crippen molar-refractivity contribution >= 4 is 11.6 Å². The summed E-state index contributed by atoms with van der Waals surface area (Å²) in [5.74, 6) is 0.172. The van der Waals surface area contributed by atoms with Crippen LogP contribution < -0.4 is 11.1 Å². The molecule has 3 N–H and O–H groups in total. The Bertz CT molecular complexity index is 765. The minimum atomic E-state index is -0.355. The third-order valence-electron chi connectivity index (χ3n) is 5.38. The Kier molecular flexibility index (Phi) is 5.69. The van der Waals surface area contributed by atoms with Crippen LogP contribution in [0.2, 0.25) is 0 Å². The molecule has 26 heavy (non-hydrogen) atoms. The van der Waals surface area contributed by atoms with Crippen LogP contribution in [0, 0.1) is 18.7 Å². The molecule has 2 aromatic rings. The number of aryl methyl sites for hydroxylation is 1. The first-order chi connectivity index (χ1) is 12.5. The second-order valence-corrected chi connectivity index (χ2v) is 7.09.